The summed E-state index contributed by atoms with van der Waals surface area (Å²) in [5.41, 5.74) is 0.634. The first kappa shape index (κ1) is 17.1. The van der Waals surface area contributed by atoms with Gasteiger partial charge in [-0.05, 0) is 56.8 Å². The van der Waals surface area contributed by atoms with Crippen molar-refractivity contribution in [1.82, 2.24) is 10.2 Å². The number of hydrogen-bond donors (Lipinski definition) is 1. The molecule has 0 aromatic heterocycles. The smallest absolute Gasteiger partial charge is 0.193 e. The molecule has 4 heteroatoms. The maximum absolute atomic E-state index is 6.03. The fourth-order valence-corrected chi connectivity index (χ4v) is 4.86. The van der Waals surface area contributed by atoms with E-state index >= 15 is 0 Å². The van der Waals surface area contributed by atoms with Gasteiger partial charge >= 0.3 is 0 Å². The number of ether oxygens (including phenoxy) is 1. The molecule has 1 atom stereocenters. The van der Waals surface area contributed by atoms with Crippen molar-refractivity contribution < 1.29 is 4.74 Å². The molecule has 4 nitrogen and oxygen atoms in total. The van der Waals surface area contributed by atoms with Gasteiger partial charge in [0, 0.05) is 33.3 Å². The molecule has 132 valence electrons. The van der Waals surface area contributed by atoms with Gasteiger partial charge in [0.1, 0.15) is 0 Å². The zero-order valence-electron chi connectivity index (χ0n) is 15.1. The largest absolute Gasteiger partial charge is 0.378 e. The summed E-state index contributed by atoms with van der Waals surface area (Å²) >= 11 is 0. The predicted molar refractivity (Wildman–Crippen MR) is 95.8 cm³/mol. The van der Waals surface area contributed by atoms with Crippen LogP contribution in [0, 0.1) is 11.3 Å². The third-order valence-corrected chi connectivity index (χ3v) is 6.38. The second-order valence-electron chi connectivity index (χ2n) is 7.83. The Bertz CT molecular complexity index is 399. The summed E-state index contributed by atoms with van der Waals surface area (Å²) in [6.07, 6.45) is 12.7. The van der Waals surface area contributed by atoms with E-state index in [1.165, 1.54) is 64.5 Å². The summed E-state index contributed by atoms with van der Waals surface area (Å²) in [4.78, 5) is 7.00. The lowest BCUT2D eigenvalue weighted by Crippen LogP contribution is -2.43. The lowest BCUT2D eigenvalue weighted by molar-refractivity contribution is 0.0168. The molecule has 0 amide bonds. The molecule has 0 bridgehead atoms. The van der Waals surface area contributed by atoms with E-state index in [4.69, 9.17) is 4.74 Å². The molecule has 2 aliphatic carbocycles. The van der Waals surface area contributed by atoms with Gasteiger partial charge in [0.15, 0.2) is 5.96 Å². The van der Waals surface area contributed by atoms with Crippen LogP contribution in [0.1, 0.15) is 64.7 Å². The van der Waals surface area contributed by atoms with Gasteiger partial charge in [-0.1, -0.05) is 19.3 Å². The average molecular weight is 322 g/mol. The van der Waals surface area contributed by atoms with Gasteiger partial charge in [-0.25, -0.2) is 0 Å². The predicted octanol–water partition coefficient (Wildman–Crippen LogP) is 3.42. The zero-order valence-corrected chi connectivity index (χ0v) is 15.1. The van der Waals surface area contributed by atoms with Crippen molar-refractivity contribution in [3.05, 3.63) is 0 Å². The topological polar surface area (TPSA) is 36.9 Å². The second-order valence-corrected chi connectivity index (χ2v) is 7.83. The van der Waals surface area contributed by atoms with E-state index < -0.39 is 0 Å². The number of aliphatic imine (C=N–C) groups is 1. The van der Waals surface area contributed by atoms with E-state index in [2.05, 4.69) is 22.1 Å². The van der Waals surface area contributed by atoms with Crippen LogP contribution in [0.5, 0.6) is 0 Å². The maximum atomic E-state index is 6.03. The van der Waals surface area contributed by atoms with Gasteiger partial charge in [0.25, 0.3) is 0 Å². The fourth-order valence-electron chi connectivity index (χ4n) is 4.86. The van der Waals surface area contributed by atoms with Crippen molar-refractivity contribution >= 4 is 5.96 Å². The Balaban J connectivity index is 1.44. The van der Waals surface area contributed by atoms with Crippen molar-refractivity contribution in [1.29, 1.82) is 0 Å². The van der Waals surface area contributed by atoms with E-state index in [1.54, 1.807) is 0 Å². The van der Waals surface area contributed by atoms with Gasteiger partial charge in [0.05, 0.1) is 6.10 Å². The van der Waals surface area contributed by atoms with Gasteiger partial charge in [-0.3, -0.25) is 4.99 Å². The first-order valence-corrected chi connectivity index (χ1v) is 9.83. The summed E-state index contributed by atoms with van der Waals surface area (Å²) in [6, 6.07) is 0. The minimum absolute atomic E-state index is 0.435. The van der Waals surface area contributed by atoms with Gasteiger partial charge < -0.3 is 15.0 Å². The van der Waals surface area contributed by atoms with E-state index in [0.29, 0.717) is 11.5 Å². The molecule has 0 aromatic rings. The molecule has 0 aromatic carbocycles. The van der Waals surface area contributed by atoms with Gasteiger partial charge in [0.2, 0.25) is 0 Å². The lowest BCUT2D eigenvalue weighted by atomic mass is 9.68. The molecule has 3 rings (SSSR count). The highest BCUT2D eigenvalue weighted by molar-refractivity contribution is 5.80. The van der Waals surface area contributed by atoms with Crippen molar-refractivity contribution in [3.8, 4) is 0 Å². The summed E-state index contributed by atoms with van der Waals surface area (Å²) in [7, 11) is 1.92. The first-order valence-electron chi connectivity index (χ1n) is 9.83. The molecular formula is C19H35N3O. The summed E-state index contributed by atoms with van der Waals surface area (Å²) in [5.74, 6) is 1.89. The number of likely N-dealkylation sites (tertiary alicyclic amines) is 1. The maximum Gasteiger partial charge on any atom is 0.193 e. The first-order chi connectivity index (χ1) is 11.3. The number of hydrogen-bond acceptors (Lipinski definition) is 2. The number of nitrogens with zero attached hydrogens (tertiary/aromatic N) is 2. The molecular weight excluding hydrogens is 286 g/mol. The third-order valence-electron chi connectivity index (χ3n) is 6.38. The monoisotopic (exact) mass is 321 g/mol. The highest BCUT2D eigenvalue weighted by Crippen LogP contribution is 2.47. The number of rotatable bonds is 6. The molecule has 3 fully saturated rings. The van der Waals surface area contributed by atoms with Crippen molar-refractivity contribution in [3.63, 3.8) is 0 Å². The van der Waals surface area contributed by atoms with Crippen LogP contribution in [0.4, 0.5) is 0 Å². The molecule has 1 saturated heterocycles. The second kappa shape index (κ2) is 7.87. The van der Waals surface area contributed by atoms with Crippen LogP contribution in [0.15, 0.2) is 4.99 Å². The average Bonchev–Trinajstić information content (AvgIpc) is 3.19. The summed E-state index contributed by atoms with van der Waals surface area (Å²) in [6.45, 7) is 6.33. The minimum Gasteiger partial charge on any atom is -0.378 e. The van der Waals surface area contributed by atoms with Crippen molar-refractivity contribution in [2.45, 2.75) is 70.8 Å². The van der Waals surface area contributed by atoms with Crippen molar-refractivity contribution in [2.75, 3.05) is 33.3 Å². The van der Waals surface area contributed by atoms with Crippen LogP contribution in [-0.2, 0) is 4.74 Å². The van der Waals surface area contributed by atoms with Crippen LogP contribution in [0.3, 0.4) is 0 Å². The van der Waals surface area contributed by atoms with Crippen molar-refractivity contribution in [2.24, 2.45) is 16.3 Å². The van der Waals surface area contributed by atoms with Crippen LogP contribution < -0.4 is 5.32 Å². The summed E-state index contributed by atoms with van der Waals surface area (Å²) < 4.78 is 6.03. The van der Waals surface area contributed by atoms with E-state index in [-0.39, 0.29) is 0 Å². The fraction of sp³-hybridized carbons (Fsp3) is 0.947. The molecule has 1 N–H and O–H groups in total. The molecule has 0 radical (unpaired) electrons. The van der Waals surface area contributed by atoms with Crippen LogP contribution in [0.25, 0.3) is 0 Å². The molecule has 2 saturated carbocycles. The van der Waals surface area contributed by atoms with E-state index in [1.807, 2.05) is 7.05 Å². The molecule has 1 unspecified atom stereocenters. The SMILES string of the molecule is CCOC(CCNC(=NC)N1CCC2(CCC2)C1)C1CCCC1. The minimum atomic E-state index is 0.435. The number of nitrogens with one attached hydrogen (secondary N) is 1. The molecule has 3 aliphatic rings. The normalized spacial score (nSPS) is 25.8. The zero-order chi connectivity index (χ0) is 16.1. The lowest BCUT2D eigenvalue weighted by Gasteiger charge is -2.38. The highest BCUT2D eigenvalue weighted by atomic mass is 16.5. The highest BCUT2D eigenvalue weighted by Gasteiger charge is 2.43. The Morgan fingerprint density at radius 3 is 2.61 bits per heavy atom. The van der Waals surface area contributed by atoms with E-state index in [0.717, 1.165) is 31.4 Å². The Morgan fingerprint density at radius 2 is 2.04 bits per heavy atom. The molecule has 1 spiro atoms. The van der Waals surface area contributed by atoms with Gasteiger partial charge in [-0.2, -0.15) is 0 Å². The van der Waals surface area contributed by atoms with Crippen LogP contribution >= 0.6 is 0 Å². The standard InChI is InChI=1S/C19H35N3O/c1-3-23-17(16-7-4-5-8-16)9-13-21-18(20-2)22-14-12-19(15-22)10-6-11-19/h16-17H,3-15H2,1-2H3,(H,20,21). The Labute approximate surface area is 142 Å². The van der Waals surface area contributed by atoms with Gasteiger partial charge in [-0.15, -0.1) is 0 Å². The van der Waals surface area contributed by atoms with E-state index in [9.17, 15) is 0 Å². The molecule has 1 aliphatic heterocycles. The van der Waals surface area contributed by atoms with Crippen LogP contribution in [-0.4, -0.2) is 50.3 Å². The Hall–Kier alpha value is -0.770. The molecule has 1 heterocycles. The Kier molecular flexibility index (Phi) is 5.84. The number of guanidine groups is 1. The third kappa shape index (κ3) is 4.01. The molecule has 23 heavy (non-hydrogen) atoms. The summed E-state index contributed by atoms with van der Waals surface area (Å²) in [5, 5.41) is 3.61. The van der Waals surface area contributed by atoms with Crippen LogP contribution in [0.2, 0.25) is 0 Å². The quantitative estimate of drug-likeness (QED) is 0.601. The Morgan fingerprint density at radius 1 is 1.26 bits per heavy atom.